The molecular weight excluding hydrogens is 406 g/mol. The second-order valence-electron chi connectivity index (χ2n) is 7.25. The van der Waals surface area contributed by atoms with Crippen LogP contribution in [0.1, 0.15) is 6.92 Å². The molecule has 7 heteroatoms. The first kappa shape index (κ1) is 21.1. The van der Waals surface area contributed by atoms with Crippen LogP contribution in [0.25, 0.3) is 22.0 Å². The predicted molar refractivity (Wildman–Crippen MR) is 124 cm³/mol. The molecule has 7 nitrogen and oxygen atoms in total. The molecule has 0 bridgehead atoms. The number of hydrogen-bond acceptors (Lipinski definition) is 5. The van der Waals surface area contributed by atoms with Gasteiger partial charge in [-0.2, -0.15) is 0 Å². The fraction of sp³-hybridized carbons (Fsp3) is 0.160. The lowest BCUT2D eigenvalue weighted by Gasteiger charge is -2.12. The van der Waals surface area contributed by atoms with E-state index in [0.717, 1.165) is 33.5 Å². The molecule has 0 aliphatic carbocycles. The maximum Gasteiger partial charge on any atom is 0.250 e. The summed E-state index contributed by atoms with van der Waals surface area (Å²) in [5.74, 6) is 1.32. The highest BCUT2D eigenvalue weighted by molar-refractivity contribution is 5.89. The second kappa shape index (κ2) is 9.34. The first-order valence-electron chi connectivity index (χ1n) is 10.2. The molecule has 32 heavy (non-hydrogen) atoms. The van der Waals surface area contributed by atoms with Crippen molar-refractivity contribution in [2.75, 3.05) is 19.0 Å². The van der Waals surface area contributed by atoms with Gasteiger partial charge in [-0.3, -0.25) is 14.6 Å². The molecule has 0 atom stereocenters. The highest BCUT2D eigenvalue weighted by Crippen LogP contribution is 2.27. The summed E-state index contributed by atoms with van der Waals surface area (Å²) in [6.07, 6.45) is 3.50. The number of fused-ring (bicyclic) bond motifs is 1. The van der Waals surface area contributed by atoms with Crippen LogP contribution in [-0.4, -0.2) is 29.2 Å². The van der Waals surface area contributed by atoms with Crippen LogP contribution >= 0.6 is 0 Å². The van der Waals surface area contributed by atoms with Crippen LogP contribution in [0.3, 0.4) is 0 Å². The molecule has 0 saturated heterocycles. The number of benzene rings is 2. The fourth-order valence-corrected chi connectivity index (χ4v) is 3.43. The van der Waals surface area contributed by atoms with E-state index in [0.29, 0.717) is 18.9 Å². The van der Waals surface area contributed by atoms with Gasteiger partial charge in [0.15, 0.2) is 0 Å². The van der Waals surface area contributed by atoms with E-state index in [1.54, 1.807) is 30.0 Å². The Morgan fingerprint density at radius 3 is 2.56 bits per heavy atom. The zero-order chi connectivity index (χ0) is 22.5. The molecule has 2 aromatic heterocycles. The van der Waals surface area contributed by atoms with Gasteiger partial charge in [0.25, 0.3) is 5.56 Å². The number of ether oxygens (including phenoxy) is 2. The average Bonchev–Trinajstić information content (AvgIpc) is 2.80. The van der Waals surface area contributed by atoms with E-state index in [1.807, 2.05) is 54.7 Å². The van der Waals surface area contributed by atoms with Gasteiger partial charge in [-0.1, -0.05) is 12.1 Å². The Morgan fingerprint density at radius 2 is 1.81 bits per heavy atom. The minimum Gasteiger partial charge on any atom is -0.497 e. The highest BCUT2D eigenvalue weighted by Gasteiger charge is 2.06. The van der Waals surface area contributed by atoms with Crippen LogP contribution in [0.15, 0.2) is 77.9 Å². The summed E-state index contributed by atoms with van der Waals surface area (Å²) in [5, 5.41) is 3.63. The fourth-order valence-electron chi connectivity index (χ4n) is 3.43. The lowest BCUT2D eigenvalue weighted by molar-refractivity contribution is -0.114. The molecule has 1 N–H and O–H groups in total. The van der Waals surface area contributed by atoms with Crippen LogP contribution < -0.4 is 20.3 Å². The van der Waals surface area contributed by atoms with Crippen molar-refractivity contribution < 1.29 is 14.3 Å². The summed E-state index contributed by atoms with van der Waals surface area (Å²) in [6.45, 7) is 2.20. The Bertz CT molecular complexity index is 1310. The molecule has 4 rings (SSSR count). The van der Waals surface area contributed by atoms with Gasteiger partial charge < -0.3 is 19.4 Å². The third-order valence-corrected chi connectivity index (χ3v) is 5.02. The molecule has 2 heterocycles. The number of aromatic nitrogens is 2. The Kier molecular flexibility index (Phi) is 6.17. The van der Waals surface area contributed by atoms with Gasteiger partial charge >= 0.3 is 0 Å². The van der Waals surface area contributed by atoms with Crippen molar-refractivity contribution in [3.05, 3.63) is 83.4 Å². The van der Waals surface area contributed by atoms with E-state index >= 15 is 0 Å². The SMILES string of the molecule is COc1ccc2c(OCCn3cc(-c4ccc(NC(C)=O)cc4)ccc3=O)ccnc2c1. The van der Waals surface area contributed by atoms with Crippen molar-refractivity contribution in [3.8, 4) is 22.6 Å². The highest BCUT2D eigenvalue weighted by atomic mass is 16.5. The number of methoxy groups -OCH3 is 1. The summed E-state index contributed by atoms with van der Waals surface area (Å²) in [6, 6.07) is 18.3. The van der Waals surface area contributed by atoms with Gasteiger partial charge in [-0.25, -0.2) is 0 Å². The zero-order valence-corrected chi connectivity index (χ0v) is 17.9. The molecule has 0 fully saturated rings. The summed E-state index contributed by atoms with van der Waals surface area (Å²) in [5.41, 5.74) is 3.26. The second-order valence-corrected chi connectivity index (χ2v) is 7.25. The van der Waals surface area contributed by atoms with Gasteiger partial charge in [0, 0.05) is 42.5 Å². The number of nitrogens with zero attached hydrogens (tertiary/aromatic N) is 2. The van der Waals surface area contributed by atoms with Gasteiger partial charge in [0.2, 0.25) is 5.91 Å². The molecule has 0 saturated carbocycles. The minimum absolute atomic E-state index is 0.100. The molecule has 0 aliphatic rings. The van der Waals surface area contributed by atoms with Gasteiger partial charge in [0.1, 0.15) is 18.1 Å². The number of hydrogen-bond donors (Lipinski definition) is 1. The first-order valence-corrected chi connectivity index (χ1v) is 10.2. The number of nitrogens with one attached hydrogen (secondary N) is 1. The lowest BCUT2D eigenvalue weighted by atomic mass is 10.1. The number of amides is 1. The van der Waals surface area contributed by atoms with Gasteiger partial charge in [-0.05, 0) is 47.5 Å². The molecule has 4 aromatic rings. The Morgan fingerprint density at radius 1 is 1.03 bits per heavy atom. The van der Waals surface area contributed by atoms with E-state index in [9.17, 15) is 9.59 Å². The molecule has 1 amide bonds. The van der Waals surface area contributed by atoms with E-state index in [2.05, 4.69) is 10.3 Å². The largest absolute Gasteiger partial charge is 0.497 e. The van der Waals surface area contributed by atoms with Crippen LogP contribution in [0.2, 0.25) is 0 Å². The van der Waals surface area contributed by atoms with E-state index in [-0.39, 0.29) is 11.5 Å². The molecule has 0 radical (unpaired) electrons. The third-order valence-electron chi connectivity index (χ3n) is 5.02. The maximum absolute atomic E-state index is 12.3. The predicted octanol–water partition coefficient (Wildman–Crippen LogP) is 4.11. The summed E-state index contributed by atoms with van der Waals surface area (Å²) in [7, 11) is 1.62. The number of anilines is 1. The Hall–Kier alpha value is -4.13. The van der Waals surface area contributed by atoms with Gasteiger partial charge in [-0.15, -0.1) is 0 Å². The van der Waals surface area contributed by atoms with E-state index in [1.165, 1.54) is 6.92 Å². The summed E-state index contributed by atoms with van der Waals surface area (Å²) in [4.78, 5) is 27.9. The van der Waals surface area contributed by atoms with Crippen molar-refractivity contribution in [2.45, 2.75) is 13.5 Å². The van der Waals surface area contributed by atoms with Crippen LogP contribution in [-0.2, 0) is 11.3 Å². The number of pyridine rings is 2. The maximum atomic E-state index is 12.3. The minimum atomic E-state index is -0.118. The average molecular weight is 429 g/mol. The topological polar surface area (TPSA) is 82.5 Å². The van der Waals surface area contributed by atoms with Crippen molar-refractivity contribution in [1.29, 1.82) is 0 Å². The van der Waals surface area contributed by atoms with Crippen molar-refractivity contribution in [3.63, 3.8) is 0 Å². The lowest BCUT2D eigenvalue weighted by Crippen LogP contribution is -2.22. The molecular formula is C25H23N3O4. The third kappa shape index (κ3) is 4.78. The molecule has 0 unspecified atom stereocenters. The van der Waals surface area contributed by atoms with Crippen LogP contribution in [0.5, 0.6) is 11.5 Å². The van der Waals surface area contributed by atoms with Crippen LogP contribution in [0, 0.1) is 0 Å². The number of carbonyl (C=O) groups excluding carboxylic acids is 1. The normalized spacial score (nSPS) is 10.7. The Balaban J connectivity index is 1.48. The van der Waals surface area contributed by atoms with Crippen molar-refractivity contribution in [2.24, 2.45) is 0 Å². The summed E-state index contributed by atoms with van der Waals surface area (Å²) < 4.78 is 12.8. The first-order chi connectivity index (χ1) is 15.5. The monoisotopic (exact) mass is 429 g/mol. The molecule has 0 aliphatic heterocycles. The smallest absolute Gasteiger partial charge is 0.250 e. The quantitative estimate of drug-likeness (QED) is 0.478. The number of rotatable bonds is 7. The number of carbonyl (C=O) groups is 1. The van der Waals surface area contributed by atoms with Crippen molar-refractivity contribution >= 4 is 22.5 Å². The van der Waals surface area contributed by atoms with Gasteiger partial charge in [0.05, 0.1) is 19.2 Å². The molecule has 162 valence electrons. The van der Waals surface area contributed by atoms with Crippen LogP contribution in [0.4, 0.5) is 5.69 Å². The molecule has 0 spiro atoms. The zero-order valence-electron chi connectivity index (χ0n) is 17.9. The Labute approximate surface area is 185 Å². The molecule has 2 aromatic carbocycles. The standard InChI is InChI=1S/C25H23N3O4/c1-17(29)27-20-6-3-18(4-7-20)19-5-10-25(30)28(16-19)13-14-32-24-11-12-26-23-15-21(31-2)8-9-22(23)24/h3-12,15-16H,13-14H2,1-2H3,(H,27,29). The van der Waals surface area contributed by atoms with E-state index < -0.39 is 0 Å². The summed E-state index contributed by atoms with van der Waals surface area (Å²) >= 11 is 0. The van der Waals surface area contributed by atoms with E-state index in [4.69, 9.17) is 9.47 Å². The van der Waals surface area contributed by atoms with Crippen molar-refractivity contribution in [1.82, 2.24) is 9.55 Å².